The first kappa shape index (κ1) is 19.2. The Morgan fingerprint density at radius 1 is 1.17 bits per heavy atom. The molecule has 154 valence electrons. The van der Waals surface area contributed by atoms with Crippen molar-refractivity contribution < 1.29 is 4.74 Å². The van der Waals surface area contributed by atoms with E-state index in [4.69, 9.17) is 9.73 Å². The van der Waals surface area contributed by atoms with E-state index in [9.17, 15) is 0 Å². The van der Waals surface area contributed by atoms with E-state index in [1.54, 1.807) is 18.4 Å². The minimum Gasteiger partial charge on any atom is -0.497 e. The van der Waals surface area contributed by atoms with E-state index >= 15 is 0 Å². The maximum atomic E-state index is 5.29. The van der Waals surface area contributed by atoms with E-state index in [-0.39, 0.29) is 0 Å². The number of nitrogens with one attached hydrogen (secondary N) is 2. The van der Waals surface area contributed by atoms with Crippen LogP contribution in [0.15, 0.2) is 59.6 Å². The van der Waals surface area contributed by atoms with E-state index in [1.807, 2.05) is 12.1 Å². The summed E-state index contributed by atoms with van der Waals surface area (Å²) in [6.45, 7) is 5.00. The van der Waals surface area contributed by atoms with Crippen molar-refractivity contribution in [3.05, 3.63) is 70.6 Å². The van der Waals surface area contributed by atoms with Crippen molar-refractivity contribution in [1.82, 2.24) is 10.2 Å². The molecule has 2 aliphatic rings. The van der Waals surface area contributed by atoms with Gasteiger partial charge in [-0.25, -0.2) is 4.99 Å². The first-order valence-corrected chi connectivity index (χ1v) is 11.2. The highest BCUT2D eigenvalue weighted by Crippen LogP contribution is 2.39. The summed E-state index contributed by atoms with van der Waals surface area (Å²) in [4.78, 5) is 8.86. The third-order valence-corrected chi connectivity index (χ3v) is 6.64. The molecule has 5 nitrogen and oxygen atoms in total. The van der Waals surface area contributed by atoms with Crippen molar-refractivity contribution in [2.45, 2.75) is 19.4 Å². The topological polar surface area (TPSA) is 48.9 Å². The number of amidine groups is 1. The Hall–Kier alpha value is -2.83. The van der Waals surface area contributed by atoms with Gasteiger partial charge < -0.3 is 20.3 Å². The highest BCUT2D eigenvalue weighted by Gasteiger charge is 2.27. The number of thiophene rings is 1. The Labute approximate surface area is 181 Å². The largest absolute Gasteiger partial charge is 0.497 e. The van der Waals surface area contributed by atoms with Crippen molar-refractivity contribution >= 4 is 33.5 Å². The molecule has 0 bridgehead atoms. The van der Waals surface area contributed by atoms with Crippen LogP contribution in [0.2, 0.25) is 0 Å². The monoisotopic (exact) mass is 418 g/mol. The quantitative estimate of drug-likeness (QED) is 0.646. The van der Waals surface area contributed by atoms with Gasteiger partial charge in [0.05, 0.1) is 24.0 Å². The highest BCUT2D eigenvalue weighted by molar-refractivity contribution is 7.16. The number of piperazine rings is 1. The predicted molar refractivity (Wildman–Crippen MR) is 125 cm³/mol. The number of rotatable bonds is 3. The first-order valence-electron chi connectivity index (χ1n) is 10.4. The van der Waals surface area contributed by atoms with Crippen LogP contribution in [0.4, 0.5) is 16.4 Å². The Kier molecular flexibility index (Phi) is 5.19. The van der Waals surface area contributed by atoms with Crippen molar-refractivity contribution in [3.8, 4) is 5.75 Å². The second-order valence-electron chi connectivity index (χ2n) is 7.83. The van der Waals surface area contributed by atoms with Gasteiger partial charge in [0.15, 0.2) is 0 Å². The van der Waals surface area contributed by atoms with Gasteiger partial charge in [0.2, 0.25) is 0 Å². The first-order chi connectivity index (χ1) is 14.7. The summed E-state index contributed by atoms with van der Waals surface area (Å²) in [5.41, 5.74) is 4.59. The van der Waals surface area contributed by atoms with Crippen LogP contribution in [0.1, 0.15) is 16.0 Å². The van der Waals surface area contributed by atoms with Crippen LogP contribution >= 0.6 is 11.3 Å². The van der Waals surface area contributed by atoms with Gasteiger partial charge in [-0.2, -0.15) is 0 Å². The van der Waals surface area contributed by atoms with Crippen LogP contribution in [0, 0.1) is 6.92 Å². The molecule has 5 rings (SSSR count). The van der Waals surface area contributed by atoms with E-state index in [1.165, 1.54) is 21.0 Å². The predicted octanol–water partition coefficient (Wildman–Crippen LogP) is 4.72. The summed E-state index contributed by atoms with van der Waals surface area (Å²) in [5.74, 6) is 1.98. The smallest absolute Gasteiger partial charge is 0.139 e. The van der Waals surface area contributed by atoms with Crippen molar-refractivity contribution in [1.29, 1.82) is 0 Å². The van der Waals surface area contributed by atoms with Gasteiger partial charge in [-0.1, -0.05) is 24.3 Å². The molecule has 0 saturated carbocycles. The van der Waals surface area contributed by atoms with Crippen LogP contribution in [0.3, 0.4) is 0 Å². The third kappa shape index (κ3) is 3.80. The number of aliphatic imine (C=N–C) groups is 1. The molecule has 0 amide bonds. The molecular formula is C24H26N4OS. The molecule has 1 unspecified atom stereocenters. The summed E-state index contributed by atoms with van der Waals surface area (Å²) in [7, 11) is 1.70. The summed E-state index contributed by atoms with van der Waals surface area (Å²) >= 11 is 1.80. The molecule has 30 heavy (non-hydrogen) atoms. The lowest BCUT2D eigenvalue weighted by Gasteiger charge is -2.36. The van der Waals surface area contributed by atoms with E-state index < -0.39 is 0 Å². The van der Waals surface area contributed by atoms with Gasteiger partial charge >= 0.3 is 0 Å². The molecule has 1 fully saturated rings. The maximum Gasteiger partial charge on any atom is 0.139 e. The Balaban J connectivity index is 1.42. The fourth-order valence-corrected chi connectivity index (χ4v) is 5.11. The number of nitrogens with zero attached hydrogens (tertiary/aromatic N) is 2. The van der Waals surface area contributed by atoms with E-state index in [0.29, 0.717) is 6.04 Å². The van der Waals surface area contributed by atoms with Gasteiger partial charge in [-0.15, -0.1) is 11.3 Å². The van der Waals surface area contributed by atoms with Gasteiger partial charge in [0.25, 0.3) is 0 Å². The molecule has 0 aliphatic carbocycles. The Morgan fingerprint density at radius 2 is 2.00 bits per heavy atom. The van der Waals surface area contributed by atoms with Crippen LogP contribution in [0.5, 0.6) is 5.75 Å². The van der Waals surface area contributed by atoms with Gasteiger partial charge in [-0.3, -0.25) is 0 Å². The van der Waals surface area contributed by atoms with Crippen LogP contribution in [-0.4, -0.2) is 43.5 Å². The second-order valence-corrected chi connectivity index (χ2v) is 9.08. The molecule has 3 heterocycles. The molecule has 3 aromatic rings. The SMILES string of the molecule is COc1ccc(CC2CN(C3=Nc4ccccc4Nc4sc(C)cc43)CCN2)cc1. The summed E-state index contributed by atoms with van der Waals surface area (Å²) in [6, 6.07) is 19.3. The number of fused-ring (bicyclic) bond motifs is 2. The number of anilines is 2. The molecular weight excluding hydrogens is 392 g/mol. The third-order valence-electron chi connectivity index (χ3n) is 5.67. The van der Waals surface area contributed by atoms with Crippen LogP contribution < -0.4 is 15.4 Å². The molecule has 6 heteroatoms. The fourth-order valence-electron chi connectivity index (χ4n) is 4.19. The highest BCUT2D eigenvalue weighted by atomic mass is 32.1. The van der Waals surface area contributed by atoms with Crippen molar-refractivity contribution in [2.24, 2.45) is 4.99 Å². The standard InChI is InChI=1S/C24H26N4OS/c1-16-13-20-23(26-21-5-3-4-6-22(21)27-24(20)30-16)28-12-11-25-18(15-28)14-17-7-9-19(29-2)10-8-17/h3-10,13,18,25,27H,11-12,14-15H2,1-2H3. The molecule has 0 radical (unpaired) electrons. The molecule has 2 N–H and O–H groups in total. The number of ether oxygens (including phenoxy) is 1. The molecule has 1 atom stereocenters. The maximum absolute atomic E-state index is 5.29. The lowest BCUT2D eigenvalue weighted by Crippen LogP contribution is -2.53. The fraction of sp³-hybridized carbons (Fsp3) is 0.292. The lowest BCUT2D eigenvalue weighted by molar-refractivity contribution is 0.290. The summed E-state index contributed by atoms with van der Waals surface area (Å²) in [5, 5.41) is 8.47. The minimum absolute atomic E-state index is 0.379. The minimum atomic E-state index is 0.379. The summed E-state index contributed by atoms with van der Waals surface area (Å²) in [6.07, 6.45) is 0.984. The molecule has 2 aliphatic heterocycles. The van der Waals surface area contributed by atoms with Gasteiger partial charge in [0.1, 0.15) is 16.6 Å². The van der Waals surface area contributed by atoms with E-state index in [0.717, 1.165) is 49.0 Å². The molecule has 1 aromatic heterocycles. The summed E-state index contributed by atoms with van der Waals surface area (Å²) < 4.78 is 5.29. The second kappa shape index (κ2) is 8.13. The zero-order valence-corrected chi connectivity index (χ0v) is 18.1. The lowest BCUT2D eigenvalue weighted by atomic mass is 10.0. The van der Waals surface area contributed by atoms with Crippen LogP contribution in [0.25, 0.3) is 0 Å². The van der Waals surface area contributed by atoms with Crippen molar-refractivity contribution in [2.75, 3.05) is 32.1 Å². The normalized spacial score (nSPS) is 18.0. The average molecular weight is 419 g/mol. The molecule has 2 aromatic carbocycles. The number of methoxy groups -OCH3 is 1. The van der Waals surface area contributed by atoms with E-state index in [2.05, 4.69) is 64.9 Å². The van der Waals surface area contributed by atoms with Crippen LogP contribution in [-0.2, 0) is 6.42 Å². The van der Waals surface area contributed by atoms with Crippen molar-refractivity contribution in [3.63, 3.8) is 0 Å². The number of para-hydroxylation sites is 2. The number of hydrogen-bond acceptors (Lipinski definition) is 6. The van der Waals surface area contributed by atoms with Gasteiger partial charge in [0, 0.05) is 30.6 Å². The zero-order chi connectivity index (χ0) is 20.5. The Bertz CT molecular complexity index is 1070. The number of aryl methyl sites for hydroxylation is 1. The molecule has 0 spiro atoms. The molecule has 1 saturated heterocycles. The van der Waals surface area contributed by atoms with Gasteiger partial charge in [-0.05, 0) is 49.2 Å². The average Bonchev–Trinajstić information content (AvgIpc) is 3.06. The zero-order valence-electron chi connectivity index (χ0n) is 17.3. The number of hydrogen-bond donors (Lipinski definition) is 2. The Morgan fingerprint density at radius 3 is 2.83 bits per heavy atom. The number of benzene rings is 2.